The van der Waals surface area contributed by atoms with Crippen LogP contribution in [0.25, 0.3) is 0 Å². The van der Waals surface area contributed by atoms with Gasteiger partial charge in [0.15, 0.2) is 0 Å². The van der Waals surface area contributed by atoms with E-state index in [0.717, 1.165) is 5.56 Å². The maximum Gasteiger partial charge on any atom is 0.271 e. The summed E-state index contributed by atoms with van der Waals surface area (Å²) in [6.07, 6.45) is 3.25. The highest BCUT2D eigenvalue weighted by Gasteiger charge is 2.16. The topological polar surface area (TPSA) is 110 Å². The standard InChI is InChI=1S/C21H20N4O4S/c1-15(16-10-12-22-13-11-16)23-24-21(26)17-4-3-5-20(14-17)30(27,28)25-18-6-8-19(29-2)9-7-18/h3-14,25H,1-2H3,(H,24,26)/b23-15+. The molecule has 1 heterocycles. The number of amides is 1. The molecule has 0 aliphatic heterocycles. The van der Waals surface area contributed by atoms with Crippen molar-refractivity contribution < 1.29 is 17.9 Å². The maximum absolute atomic E-state index is 12.7. The molecule has 1 amide bonds. The summed E-state index contributed by atoms with van der Waals surface area (Å²) in [4.78, 5) is 16.3. The fourth-order valence-electron chi connectivity index (χ4n) is 2.53. The van der Waals surface area contributed by atoms with E-state index in [0.29, 0.717) is 17.1 Å². The maximum atomic E-state index is 12.7. The molecule has 0 radical (unpaired) electrons. The monoisotopic (exact) mass is 424 g/mol. The van der Waals surface area contributed by atoms with Gasteiger partial charge in [-0.2, -0.15) is 5.10 Å². The Kier molecular flexibility index (Phi) is 6.43. The molecule has 8 nitrogen and oxygen atoms in total. The highest BCUT2D eigenvalue weighted by Crippen LogP contribution is 2.20. The first-order valence-electron chi connectivity index (χ1n) is 8.91. The SMILES string of the molecule is COc1ccc(NS(=O)(=O)c2cccc(C(=O)N/N=C(\C)c3ccncc3)c2)cc1. The molecular weight excluding hydrogens is 404 g/mol. The first kappa shape index (κ1) is 21.0. The largest absolute Gasteiger partial charge is 0.497 e. The van der Waals surface area contributed by atoms with E-state index in [9.17, 15) is 13.2 Å². The van der Waals surface area contributed by atoms with E-state index in [1.807, 2.05) is 0 Å². The number of hydrogen-bond donors (Lipinski definition) is 2. The highest BCUT2D eigenvalue weighted by atomic mass is 32.2. The van der Waals surface area contributed by atoms with Crippen molar-refractivity contribution in [3.05, 3.63) is 84.2 Å². The van der Waals surface area contributed by atoms with Gasteiger partial charge in [-0.15, -0.1) is 0 Å². The zero-order valence-electron chi connectivity index (χ0n) is 16.4. The molecule has 2 aromatic carbocycles. The van der Waals surface area contributed by atoms with Crippen LogP contribution in [0.2, 0.25) is 0 Å². The van der Waals surface area contributed by atoms with E-state index < -0.39 is 15.9 Å². The van der Waals surface area contributed by atoms with Crippen LogP contribution in [0.3, 0.4) is 0 Å². The van der Waals surface area contributed by atoms with Gasteiger partial charge in [-0.1, -0.05) is 6.07 Å². The second kappa shape index (κ2) is 9.19. The van der Waals surface area contributed by atoms with Gasteiger partial charge in [0.2, 0.25) is 0 Å². The van der Waals surface area contributed by atoms with Crippen LogP contribution in [0.5, 0.6) is 5.75 Å². The number of hydrogen-bond acceptors (Lipinski definition) is 6. The summed E-state index contributed by atoms with van der Waals surface area (Å²) < 4.78 is 32.9. The van der Waals surface area contributed by atoms with Crippen LogP contribution < -0.4 is 14.9 Å². The third-order valence-electron chi connectivity index (χ3n) is 4.17. The molecule has 3 aromatic rings. The summed E-state index contributed by atoms with van der Waals surface area (Å²) in [7, 11) is -2.35. The smallest absolute Gasteiger partial charge is 0.271 e. The van der Waals surface area contributed by atoms with Crippen LogP contribution in [0, 0.1) is 0 Å². The number of carbonyl (C=O) groups is 1. The molecule has 0 aliphatic carbocycles. The Morgan fingerprint density at radius 3 is 2.37 bits per heavy atom. The number of methoxy groups -OCH3 is 1. The van der Waals surface area contributed by atoms with Crippen molar-refractivity contribution in [2.45, 2.75) is 11.8 Å². The molecule has 0 unspecified atom stereocenters. The van der Waals surface area contributed by atoms with Crippen LogP contribution in [0.4, 0.5) is 5.69 Å². The minimum absolute atomic E-state index is 0.0409. The lowest BCUT2D eigenvalue weighted by Gasteiger charge is -2.10. The van der Waals surface area contributed by atoms with E-state index in [4.69, 9.17) is 4.74 Å². The summed E-state index contributed by atoms with van der Waals surface area (Å²) in [6.45, 7) is 1.75. The second-order valence-corrected chi connectivity index (χ2v) is 7.92. The third kappa shape index (κ3) is 5.21. The minimum Gasteiger partial charge on any atom is -0.497 e. The Balaban J connectivity index is 1.75. The summed E-state index contributed by atoms with van der Waals surface area (Å²) in [5.74, 6) is 0.0872. The Morgan fingerprint density at radius 2 is 1.70 bits per heavy atom. The molecule has 1 aromatic heterocycles. The van der Waals surface area contributed by atoms with Gasteiger partial charge < -0.3 is 4.74 Å². The molecule has 0 bridgehead atoms. The number of benzene rings is 2. The van der Waals surface area contributed by atoms with Gasteiger partial charge in [0.1, 0.15) is 5.75 Å². The van der Waals surface area contributed by atoms with Gasteiger partial charge >= 0.3 is 0 Å². The van der Waals surface area contributed by atoms with Gasteiger partial charge in [0.05, 0.1) is 17.7 Å². The first-order chi connectivity index (χ1) is 14.4. The molecule has 0 aliphatic rings. The van der Waals surface area contributed by atoms with Crippen LogP contribution in [-0.2, 0) is 10.0 Å². The summed E-state index contributed by atoms with van der Waals surface area (Å²) >= 11 is 0. The van der Waals surface area contributed by atoms with Crippen LogP contribution in [0.15, 0.2) is 83.1 Å². The van der Waals surface area contributed by atoms with Gasteiger partial charge in [-0.05, 0) is 61.5 Å². The van der Waals surface area contributed by atoms with Crippen LogP contribution in [0.1, 0.15) is 22.8 Å². The van der Waals surface area contributed by atoms with Crippen molar-refractivity contribution in [3.63, 3.8) is 0 Å². The predicted molar refractivity (Wildman–Crippen MR) is 114 cm³/mol. The minimum atomic E-state index is -3.88. The number of nitrogens with zero attached hydrogens (tertiary/aromatic N) is 2. The lowest BCUT2D eigenvalue weighted by molar-refractivity contribution is 0.0954. The average Bonchev–Trinajstić information content (AvgIpc) is 2.78. The summed E-state index contributed by atoms with van der Waals surface area (Å²) in [5, 5.41) is 4.06. The number of aromatic nitrogens is 1. The predicted octanol–water partition coefficient (Wildman–Crippen LogP) is 3.05. The number of anilines is 1. The van der Waals surface area contributed by atoms with E-state index in [1.165, 1.54) is 31.4 Å². The number of hydrazone groups is 1. The lowest BCUT2D eigenvalue weighted by Crippen LogP contribution is -2.20. The number of rotatable bonds is 7. The van der Waals surface area contributed by atoms with E-state index in [2.05, 4.69) is 20.2 Å². The molecule has 0 saturated heterocycles. The van der Waals surface area contributed by atoms with Crippen molar-refractivity contribution in [1.29, 1.82) is 0 Å². The molecule has 154 valence electrons. The van der Waals surface area contributed by atoms with Gasteiger partial charge in [-0.3, -0.25) is 14.5 Å². The molecule has 0 fully saturated rings. The molecule has 0 saturated carbocycles. The number of ether oxygens (including phenoxy) is 1. The van der Waals surface area contributed by atoms with E-state index in [-0.39, 0.29) is 10.5 Å². The van der Waals surface area contributed by atoms with E-state index in [1.54, 1.807) is 55.7 Å². The Bertz CT molecular complexity index is 1160. The summed E-state index contributed by atoms with van der Waals surface area (Å²) in [5.41, 5.74) is 4.39. The molecule has 2 N–H and O–H groups in total. The number of pyridine rings is 1. The number of sulfonamides is 1. The normalized spacial score (nSPS) is 11.6. The average molecular weight is 424 g/mol. The van der Waals surface area contributed by atoms with Crippen molar-refractivity contribution in [1.82, 2.24) is 10.4 Å². The van der Waals surface area contributed by atoms with Crippen molar-refractivity contribution in [3.8, 4) is 5.75 Å². The number of carbonyl (C=O) groups excluding carboxylic acids is 1. The fraction of sp³-hybridized carbons (Fsp3) is 0.0952. The summed E-state index contributed by atoms with van der Waals surface area (Å²) in [6, 6.07) is 15.7. The molecule has 3 rings (SSSR count). The van der Waals surface area contributed by atoms with Crippen molar-refractivity contribution in [2.75, 3.05) is 11.8 Å². The molecular formula is C21H20N4O4S. The Morgan fingerprint density at radius 1 is 1.00 bits per heavy atom. The molecule has 0 atom stereocenters. The fourth-order valence-corrected chi connectivity index (χ4v) is 3.64. The Hall–Kier alpha value is -3.72. The van der Waals surface area contributed by atoms with Gasteiger partial charge in [-0.25, -0.2) is 13.8 Å². The second-order valence-electron chi connectivity index (χ2n) is 6.24. The van der Waals surface area contributed by atoms with Crippen molar-refractivity contribution in [2.24, 2.45) is 5.10 Å². The van der Waals surface area contributed by atoms with Crippen LogP contribution >= 0.6 is 0 Å². The number of nitrogens with one attached hydrogen (secondary N) is 2. The molecule has 30 heavy (non-hydrogen) atoms. The molecule has 9 heteroatoms. The van der Waals surface area contributed by atoms with Crippen LogP contribution in [-0.4, -0.2) is 32.1 Å². The van der Waals surface area contributed by atoms with E-state index >= 15 is 0 Å². The van der Waals surface area contributed by atoms with Gasteiger partial charge in [0, 0.05) is 29.2 Å². The first-order valence-corrected chi connectivity index (χ1v) is 10.4. The molecule has 0 spiro atoms. The Labute approximate surface area is 174 Å². The zero-order valence-corrected chi connectivity index (χ0v) is 17.2. The van der Waals surface area contributed by atoms with Crippen molar-refractivity contribution >= 4 is 27.3 Å². The highest BCUT2D eigenvalue weighted by molar-refractivity contribution is 7.92. The van der Waals surface area contributed by atoms with Gasteiger partial charge in [0.25, 0.3) is 15.9 Å². The quantitative estimate of drug-likeness (QED) is 0.447. The lowest BCUT2D eigenvalue weighted by atomic mass is 10.2. The zero-order chi connectivity index (χ0) is 21.6. The third-order valence-corrected chi connectivity index (χ3v) is 5.55.